The minimum Gasteiger partial charge on any atom is -0.511 e. The van der Waals surface area contributed by atoms with Crippen LogP contribution < -0.4 is 4.74 Å². The largest absolute Gasteiger partial charge is 0.511 e. The Bertz CT molecular complexity index is 1060. The van der Waals surface area contributed by atoms with E-state index in [4.69, 9.17) is 16.3 Å². The number of aromatic nitrogens is 1. The highest BCUT2D eigenvalue weighted by molar-refractivity contribution is 6.30. The summed E-state index contributed by atoms with van der Waals surface area (Å²) in [5.74, 6) is 0.695. The molecule has 29 heavy (non-hydrogen) atoms. The van der Waals surface area contributed by atoms with Gasteiger partial charge in [0.2, 0.25) is 0 Å². The van der Waals surface area contributed by atoms with Crippen LogP contribution in [0.3, 0.4) is 0 Å². The van der Waals surface area contributed by atoms with Gasteiger partial charge in [-0.05, 0) is 79.8 Å². The highest BCUT2D eigenvalue weighted by Gasteiger charge is 2.57. The number of halogens is 2. The number of aryl methyl sites for hydroxylation is 2. The molecule has 0 spiro atoms. The fourth-order valence-corrected chi connectivity index (χ4v) is 5.88. The number of carbonyl (C=O) groups is 1. The molecule has 4 nitrogen and oxygen atoms in total. The smallest absolute Gasteiger partial charge is 0.255 e. The van der Waals surface area contributed by atoms with Crippen molar-refractivity contribution in [3.8, 4) is 11.6 Å². The van der Waals surface area contributed by atoms with Crippen LogP contribution in [0.25, 0.3) is 5.57 Å². The molecule has 3 aliphatic carbocycles. The summed E-state index contributed by atoms with van der Waals surface area (Å²) in [5, 5.41) is 11.2. The third-order valence-electron chi connectivity index (χ3n) is 6.78. The summed E-state index contributed by atoms with van der Waals surface area (Å²) >= 11 is 5.74. The van der Waals surface area contributed by atoms with Gasteiger partial charge in [-0.2, -0.15) is 0 Å². The van der Waals surface area contributed by atoms with E-state index in [9.17, 15) is 14.3 Å². The summed E-state index contributed by atoms with van der Waals surface area (Å²) in [4.78, 5) is 17.1. The topological polar surface area (TPSA) is 59.4 Å². The Kier molecular flexibility index (Phi) is 4.21. The standard InChI is InChI=1S/C23H21ClFNO3/c1-10-5-15(29-23-16(25)8-14(24)9-26-23)6-11(2)17(10)20-21(27)18-12-3-4-13(7-12)19(18)22(20)28/h5-6,8-9,12-13,18-19,27H,3-4,7H2,1-2H3/t12-,13+,18-,19+/m1/s1. The van der Waals surface area contributed by atoms with Crippen molar-refractivity contribution in [2.45, 2.75) is 33.1 Å². The number of nitrogens with zero attached hydrogens (tertiary/aromatic N) is 1. The van der Waals surface area contributed by atoms with E-state index in [-0.39, 0.29) is 34.3 Å². The molecule has 4 atom stereocenters. The molecular weight excluding hydrogens is 393 g/mol. The first-order valence-electron chi connectivity index (χ1n) is 9.93. The number of rotatable bonds is 3. The molecule has 2 fully saturated rings. The second-order valence-electron chi connectivity index (χ2n) is 8.48. The van der Waals surface area contributed by atoms with Crippen LogP contribution >= 0.6 is 11.6 Å². The Hall–Kier alpha value is -2.40. The van der Waals surface area contributed by atoms with Crippen molar-refractivity contribution in [2.75, 3.05) is 0 Å². The quantitative estimate of drug-likeness (QED) is 0.691. The molecule has 0 radical (unpaired) electrons. The van der Waals surface area contributed by atoms with Crippen LogP contribution in [0.2, 0.25) is 5.02 Å². The second kappa shape index (κ2) is 6.56. The number of aliphatic hydroxyl groups excluding tert-OH is 1. The van der Waals surface area contributed by atoms with Gasteiger partial charge in [0.15, 0.2) is 11.6 Å². The number of ketones is 1. The maximum absolute atomic E-state index is 14.0. The van der Waals surface area contributed by atoms with Crippen molar-refractivity contribution in [3.05, 3.63) is 57.7 Å². The van der Waals surface area contributed by atoms with Gasteiger partial charge in [0.1, 0.15) is 11.5 Å². The maximum atomic E-state index is 14.0. The van der Waals surface area contributed by atoms with Crippen molar-refractivity contribution in [3.63, 3.8) is 0 Å². The van der Waals surface area contributed by atoms with E-state index in [1.165, 1.54) is 6.20 Å². The van der Waals surface area contributed by atoms with Crippen molar-refractivity contribution in [1.29, 1.82) is 0 Å². The number of aliphatic hydroxyl groups is 1. The number of hydrogen-bond donors (Lipinski definition) is 1. The molecule has 2 saturated carbocycles. The summed E-state index contributed by atoms with van der Waals surface area (Å²) in [5.41, 5.74) is 2.83. The number of allylic oxidation sites excluding steroid dienone is 2. The Morgan fingerprint density at radius 1 is 1.14 bits per heavy atom. The van der Waals surface area contributed by atoms with Crippen LogP contribution in [0.5, 0.6) is 11.6 Å². The van der Waals surface area contributed by atoms with Crippen molar-refractivity contribution in [1.82, 2.24) is 4.98 Å². The summed E-state index contributed by atoms with van der Waals surface area (Å²) in [7, 11) is 0. The van der Waals surface area contributed by atoms with Gasteiger partial charge in [-0.15, -0.1) is 0 Å². The Balaban J connectivity index is 1.51. The molecule has 3 aliphatic rings. The van der Waals surface area contributed by atoms with Gasteiger partial charge in [0, 0.05) is 18.0 Å². The molecule has 2 bridgehead atoms. The fraction of sp³-hybridized carbons (Fsp3) is 0.391. The lowest BCUT2D eigenvalue weighted by Gasteiger charge is -2.23. The third-order valence-corrected chi connectivity index (χ3v) is 6.99. The highest BCUT2D eigenvalue weighted by atomic mass is 35.5. The number of ether oxygens (including phenoxy) is 1. The lowest BCUT2D eigenvalue weighted by atomic mass is 9.80. The molecule has 6 heteroatoms. The van der Waals surface area contributed by atoms with E-state index in [0.717, 1.165) is 42.0 Å². The molecule has 1 N–H and O–H groups in total. The molecule has 1 aromatic heterocycles. The van der Waals surface area contributed by atoms with Gasteiger partial charge < -0.3 is 9.84 Å². The summed E-state index contributed by atoms with van der Waals surface area (Å²) in [6.07, 6.45) is 4.56. The van der Waals surface area contributed by atoms with Crippen molar-refractivity contribution in [2.24, 2.45) is 23.7 Å². The normalized spacial score (nSPS) is 27.7. The predicted octanol–water partition coefficient (Wildman–Crippen LogP) is 5.80. The van der Waals surface area contributed by atoms with E-state index in [0.29, 0.717) is 23.2 Å². The van der Waals surface area contributed by atoms with Gasteiger partial charge in [-0.1, -0.05) is 11.6 Å². The molecule has 0 unspecified atom stereocenters. The van der Waals surface area contributed by atoms with Crippen LogP contribution in [-0.2, 0) is 4.79 Å². The van der Waals surface area contributed by atoms with E-state index >= 15 is 0 Å². The Labute approximate surface area is 173 Å². The number of hydrogen-bond acceptors (Lipinski definition) is 4. The average molecular weight is 414 g/mol. The first-order chi connectivity index (χ1) is 13.8. The lowest BCUT2D eigenvalue weighted by Crippen LogP contribution is -2.24. The van der Waals surface area contributed by atoms with E-state index in [2.05, 4.69) is 4.98 Å². The summed E-state index contributed by atoms with van der Waals surface area (Å²) in [6.45, 7) is 3.74. The van der Waals surface area contributed by atoms with Gasteiger partial charge in [-0.3, -0.25) is 4.79 Å². The van der Waals surface area contributed by atoms with Crippen LogP contribution in [0.4, 0.5) is 4.39 Å². The fourth-order valence-electron chi connectivity index (χ4n) is 5.74. The van der Waals surface area contributed by atoms with Crippen LogP contribution in [0.15, 0.2) is 30.2 Å². The molecule has 1 aromatic carbocycles. The molecular formula is C23H21ClFNO3. The Morgan fingerprint density at radius 3 is 2.41 bits per heavy atom. The molecule has 0 saturated heterocycles. The first kappa shape index (κ1) is 18.6. The maximum Gasteiger partial charge on any atom is 0.255 e. The van der Waals surface area contributed by atoms with Gasteiger partial charge >= 0.3 is 0 Å². The molecule has 1 heterocycles. The minimum atomic E-state index is -0.647. The second-order valence-corrected chi connectivity index (χ2v) is 8.92. The molecule has 0 aliphatic heterocycles. The zero-order valence-electron chi connectivity index (χ0n) is 16.2. The number of fused-ring (bicyclic) bond motifs is 5. The highest BCUT2D eigenvalue weighted by Crippen LogP contribution is 2.60. The number of benzene rings is 1. The molecule has 2 aromatic rings. The monoisotopic (exact) mass is 413 g/mol. The van der Waals surface area contributed by atoms with Crippen molar-refractivity contribution < 1.29 is 19.0 Å². The van der Waals surface area contributed by atoms with E-state index in [1.807, 2.05) is 13.8 Å². The van der Waals surface area contributed by atoms with Crippen LogP contribution in [0, 0.1) is 43.3 Å². The molecule has 0 amide bonds. The zero-order chi connectivity index (χ0) is 20.4. The number of Topliss-reactive ketones (excluding diaryl/α,β-unsaturated/α-hetero) is 1. The third kappa shape index (κ3) is 2.78. The number of carbonyl (C=O) groups excluding carboxylic acids is 1. The van der Waals surface area contributed by atoms with Crippen molar-refractivity contribution >= 4 is 23.0 Å². The molecule has 150 valence electrons. The average Bonchev–Trinajstić information content (AvgIpc) is 3.33. The Morgan fingerprint density at radius 2 is 1.79 bits per heavy atom. The lowest BCUT2D eigenvalue weighted by molar-refractivity contribution is -0.118. The molecule has 5 rings (SSSR count). The van der Waals surface area contributed by atoms with E-state index in [1.54, 1.807) is 12.1 Å². The summed E-state index contributed by atoms with van der Waals surface area (Å²) < 4.78 is 19.6. The SMILES string of the molecule is Cc1cc(Oc2ncc(Cl)cc2F)cc(C)c1C1=C(O)[C@@H]2[C@@H]3CC[C@@H](C3)[C@@H]2C1=O. The zero-order valence-corrected chi connectivity index (χ0v) is 17.0. The number of pyridine rings is 1. The summed E-state index contributed by atoms with van der Waals surface area (Å²) in [6, 6.07) is 4.63. The predicted molar refractivity (Wildman–Crippen MR) is 108 cm³/mol. The van der Waals surface area contributed by atoms with Gasteiger partial charge in [0.05, 0.1) is 10.6 Å². The minimum absolute atomic E-state index is 0.0154. The van der Waals surface area contributed by atoms with Gasteiger partial charge in [-0.25, -0.2) is 9.37 Å². The first-order valence-corrected chi connectivity index (χ1v) is 10.3. The van der Waals surface area contributed by atoms with Crippen LogP contribution in [0.1, 0.15) is 36.0 Å². The van der Waals surface area contributed by atoms with Crippen LogP contribution in [-0.4, -0.2) is 15.9 Å². The van der Waals surface area contributed by atoms with E-state index < -0.39 is 5.82 Å². The van der Waals surface area contributed by atoms with Gasteiger partial charge in [0.25, 0.3) is 5.88 Å².